The number of hydrogen-bond acceptors (Lipinski definition) is 6. The fraction of sp³-hybridized carbons (Fsp3) is 0.967. The molecule has 5 saturated carbocycles. The maximum atomic E-state index is 13.0. The standard InChI is InChI=1S/C30H48O6/c1-24(2)19(33)13-20(34)30-15-29(30)11-10-26(5)23(28(7)9-8-21(36-28)25(3,4)35)17(32)14-27(26,6)18(29)12-16(31)22(24)30/h16-18,20-23,31-32,34-35H,8-15H2,1-7H3/t16-,17-,18?,20-,21-,22?,23-,26+,27-,28+,29-,30-/m0/s1. The summed E-state index contributed by atoms with van der Waals surface area (Å²) in [5, 5.41) is 45.5. The molecule has 0 aromatic carbocycles. The first-order chi connectivity index (χ1) is 16.4. The lowest BCUT2D eigenvalue weighted by Gasteiger charge is -2.64. The smallest absolute Gasteiger partial charge is 0.141 e. The third-order valence-corrected chi connectivity index (χ3v) is 13.6. The lowest BCUT2D eigenvalue weighted by molar-refractivity contribution is -0.215. The molecule has 1 saturated heterocycles. The van der Waals surface area contributed by atoms with Gasteiger partial charge in [0.05, 0.1) is 35.6 Å². The topological polar surface area (TPSA) is 107 Å². The van der Waals surface area contributed by atoms with E-state index in [9.17, 15) is 25.2 Å². The Kier molecular flexibility index (Phi) is 4.98. The molecule has 36 heavy (non-hydrogen) atoms. The van der Waals surface area contributed by atoms with Crippen molar-refractivity contribution in [3.8, 4) is 0 Å². The number of carbonyl (C=O) groups is 1. The highest BCUT2D eigenvalue weighted by Gasteiger charge is 2.87. The fourth-order valence-corrected chi connectivity index (χ4v) is 11.9. The van der Waals surface area contributed by atoms with E-state index in [0.29, 0.717) is 12.8 Å². The number of aliphatic hydroxyl groups excluding tert-OH is 3. The van der Waals surface area contributed by atoms with E-state index >= 15 is 0 Å². The summed E-state index contributed by atoms with van der Waals surface area (Å²) in [6, 6.07) is 0. The first-order valence-electron chi connectivity index (χ1n) is 14.4. The summed E-state index contributed by atoms with van der Waals surface area (Å²) in [7, 11) is 0. The molecule has 2 unspecified atom stereocenters. The molecule has 6 rings (SSSR count). The highest BCUT2D eigenvalue weighted by molar-refractivity contribution is 5.86. The fourth-order valence-electron chi connectivity index (χ4n) is 11.9. The Labute approximate surface area is 216 Å². The summed E-state index contributed by atoms with van der Waals surface area (Å²) in [4.78, 5) is 13.0. The highest BCUT2D eigenvalue weighted by Crippen LogP contribution is 2.88. The summed E-state index contributed by atoms with van der Waals surface area (Å²) < 4.78 is 6.62. The van der Waals surface area contributed by atoms with Crippen molar-refractivity contribution in [3.05, 3.63) is 0 Å². The van der Waals surface area contributed by atoms with Crippen LogP contribution < -0.4 is 0 Å². The van der Waals surface area contributed by atoms with E-state index in [1.54, 1.807) is 13.8 Å². The summed E-state index contributed by atoms with van der Waals surface area (Å²) in [6.45, 7) is 14.4. The Balaban J connectivity index is 1.39. The van der Waals surface area contributed by atoms with Crippen molar-refractivity contribution in [2.24, 2.45) is 44.8 Å². The average molecular weight is 505 g/mol. The van der Waals surface area contributed by atoms with Crippen molar-refractivity contribution in [2.45, 2.75) is 135 Å². The molecule has 0 bridgehead atoms. The molecule has 2 spiro atoms. The van der Waals surface area contributed by atoms with Crippen molar-refractivity contribution in [2.75, 3.05) is 0 Å². The first kappa shape index (κ1) is 25.7. The summed E-state index contributed by atoms with van der Waals surface area (Å²) in [5.74, 6) is -0.0150. The third-order valence-electron chi connectivity index (χ3n) is 13.6. The van der Waals surface area contributed by atoms with Gasteiger partial charge in [-0.3, -0.25) is 4.79 Å². The van der Waals surface area contributed by atoms with Crippen molar-refractivity contribution in [1.82, 2.24) is 0 Å². The molecular weight excluding hydrogens is 456 g/mol. The molecule has 1 heterocycles. The minimum absolute atomic E-state index is 0.0569. The quantitative estimate of drug-likeness (QED) is 0.458. The number of hydrogen-bond donors (Lipinski definition) is 4. The van der Waals surface area contributed by atoms with Gasteiger partial charge in [0, 0.05) is 29.1 Å². The van der Waals surface area contributed by atoms with E-state index in [1.165, 1.54) is 0 Å². The van der Waals surface area contributed by atoms with E-state index in [-0.39, 0.29) is 52.3 Å². The second-order valence-corrected chi connectivity index (χ2v) is 15.8. The molecule has 6 fully saturated rings. The maximum absolute atomic E-state index is 13.0. The Morgan fingerprint density at radius 2 is 1.58 bits per heavy atom. The molecule has 6 heteroatoms. The minimum atomic E-state index is -0.924. The monoisotopic (exact) mass is 504 g/mol. The second kappa shape index (κ2) is 6.96. The van der Waals surface area contributed by atoms with Crippen LogP contribution in [0.1, 0.15) is 99.8 Å². The lowest BCUT2D eigenvalue weighted by Crippen LogP contribution is -2.64. The van der Waals surface area contributed by atoms with Gasteiger partial charge < -0.3 is 25.2 Å². The van der Waals surface area contributed by atoms with E-state index in [4.69, 9.17) is 4.74 Å². The van der Waals surface area contributed by atoms with Gasteiger partial charge in [0.25, 0.3) is 0 Å². The van der Waals surface area contributed by atoms with Crippen LogP contribution in [0.2, 0.25) is 0 Å². The Morgan fingerprint density at radius 1 is 0.917 bits per heavy atom. The SMILES string of the molecule is CC1(C)C(=O)C[C@H](O)[C@]23C[C@]24CC[C@]2(C)[C@@H]([C@@]5(C)CC[C@@H](C(C)(C)O)O5)[C@@H](O)C[C@@]2(C)C4C[C@H](O)C13. The Hall–Kier alpha value is -0.530. The van der Waals surface area contributed by atoms with Crippen LogP contribution in [0.3, 0.4) is 0 Å². The molecule has 0 aromatic heterocycles. The zero-order chi connectivity index (χ0) is 26.5. The maximum Gasteiger partial charge on any atom is 0.141 e. The highest BCUT2D eigenvalue weighted by atomic mass is 16.5. The summed E-state index contributed by atoms with van der Waals surface area (Å²) in [6.07, 6.45) is 3.77. The number of rotatable bonds is 2. The van der Waals surface area contributed by atoms with Crippen LogP contribution in [0.4, 0.5) is 0 Å². The molecular formula is C30H48O6. The predicted octanol–water partition coefficient (Wildman–Crippen LogP) is 3.62. The van der Waals surface area contributed by atoms with E-state index < -0.39 is 40.3 Å². The molecule has 4 N–H and O–H groups in total. The Bertz CT molecular complexity index is 986. The largest absolute Gasteiger partial charge is 0.393 e. The number of ether oxygens (including phenoxy) is 1. The first-order valence-corrected chi connectivity index (χ1v) is 14.4. The lowest BCUT2D eigenvalue weighted by atomic mass is 9.41. The average Bonchev–Trinajstić information content (AvgIpc) is 3.15. The van der Waals surface area contributed by atoms with Crippen LogP contribution in [0.15, 0.2) is 0 Å². The van der Waals surface area contributed by atoms with Crippen LogP contribution in [0, 0.1) is 44.8 Å². The van der Waals surface area contributed by atoms with Crippen molar-refractivity contribution in [1.29, 1.82) is 0 Å². The molecule has 0 radical (unpaired) electrons. The molecule has 0 amide bonds. The molecule has 6 aliphatic rings. The van der Waals surface area contributed by atoms with Gasteiger partial charge in [0.15, 0.2) is 0 Å². The number of ketones is 1. The van der Waals surface area contributed by atoms with Crippen LogP contribution in [0.5, 0.6) is 0 Å². The van der Waals surface area contributed by atoms with Crippen LogP contribution in [-0.4, -0.2) is 61.8 Å². The molecule has 6 nitrogen and oxygen atoms in total. The zero-order valence-electron chi connectivity index (χ0n) is 23.3. The minimum Gasteiger partial charge on any atom is -0.393 e. The van der Waals surface area contributed by atoms with Crippen LogP contribution in [-0.2, 0) is 9.53 Å². The van der Waals surface area contributed by atoms with Gasteiger partial charge in [0.2, 0.25) is 0 Å². The number of Topliss-reactive ketones (excluding diaryl/α,β-unsaturated/α-hetero) is 1. The van der Waals surface area contributed by atoms with E-state index in [2.05, 4.69) is 20.8 Å². The second-order valence-electron chi connectivity index (χ2n) is 15.8. The van der Waals surface area contributed by atoms with Gasteiger partial charge in [-0.05, 0) is 87.9 Å². The van der Waals surface area contributed by atoms with E-state index in [1.807, 2.05) is 13.8 Å². The van der Waals surface area contributed by atoms with Crippen molar-refractivity contribution >= 4 is 5.78 Å². The van der Waals surface area contributed by atoms with Gasteiger partial charge in [-0.2, -0.15) is 0 Å². The zero-order valence-corrected chi connectivity index (χ0v) is 23.3. The number of aliphatic hydroxyl groups is 4. The van der Waals surface area contributed by atoms with Crippen LogP contribution in [0.25, 0.3) is 0 Å². The van der Waals surface area contributed by atoms with Crippen LogP contribution >= 0.6 is 0 Å². The summed E-state index contributed by atoms with van der Waals surface area (Å²) in [5.41, 5.74) is -2.96. The number of carbonyl (C=O) groups excluding carboxylic acids is 1. The molecule has 204 valence electrons. The van der Waals surface area contributed by atoms with Gasteiger partial charge >= 0.3 is 0 Å². The van der Waals surface area contributed by atoms with Gasteiger partial charge in [-0.15, -0.1) is 0 Å². The van der Waals surface area contributed by atoms with Gasteiger partial charge in [-0.1, -0.05) is 27.7 Å². The van der Waals surface area contributed by atoms with E-state index in [0.717, 1.165) is 32.1 Å². The van der Waals surface area contributed by atoms with Crippen molar-refractivity contribution < 1.29 is 30.0 Å². The third kappa shape index (κ3) is 2.69. The molecule has 0 aromatic rings. The Morgan fingerprint density at radius 3 is 2.19 bits per heavy atom. The normalized spacial score (nSPS) is 59.6. The van der Waals surface area contributed by atoms with Gasteiger partial charge in [0.1, 0.15) is 5.78 Å². The predicted molar refractivity (Wildman–Crippen MR) is 135 cm³/mol. The van der Waals surface area contributed by atoms with Crippen molar-refractivity contribution in [3.63, 3.8) is 0 Å². The summed E-state index contributed by atoms with van der Waals surface area (Å²) >= 11 is 0. The van der Waals surface area contributed by atoms with Gasteiger partial charge in [-0.25, -0.2) is 0 Å². The number of fused-ring (bicyclic) bond motifs is 2. The molecule has 12 atom stereocenters. The molecule has 1 aliphatic heterocycles. The molecule has 5 aliphatic carbocycles.